The number of nitrogens with zero attached hydrogens (tertiary/aromatic N) is 2. The molecule has 2 heterocycles. The molecule has 0 N–H and O–H groups in total. The molecule has 3 aromatic rings. The van der Waals surface area contributed by atoms with Crippen LogP contribution in [0.2, 0.25) is 0 Å². The van der Waals surface area contributed by atoms with Crippen molar-refractivity contribution in [3.63, 3.8) is 0 Å². The molecule has 0 radical (unpaired) electrons. The Morgan fingerprint density at radius 2 is 1.70 bits per heavy atom. The molecule has 4 rings (SSSR count). The zero-order valence-electron chi connectivity index (χ0n) is 17.5. The van der Waals surface area contributed by atoms with Crippen molar-refractivity contribution >= 4 is 22.8 Å². The van der Waals surface area contributed by atoms with Gasteiger partial charge >= 0.3 is 11.9 Å². The van der Waals surface area contributed by atoms with Crippen molar-refractivity contribution in [2.24, 2.45) is 7.05 Å². The van der Waals surface area contributed by atoms with Crippen LogP contribution in [0.5, 0.6) is 0 Å². The molecule has 0 amide bonds. The summed E-state index contributed by atoms with van der Waals surface area (Å²) in [7, 11) is 4.83. The summed E-state index contributed by atoms with van der Waals surface area (Å²) in [6, 6.07) is 17.3. The van der Waals surface area contributed by atoms with Gasteiger partial charge in [-0.3, -0.25) is 14.5 Å². The minimum Gasteiger partial charge on any atom is -0.469 e. The summed E-state index contributed by atoms with van der Waals surface area (Å²) in [5.74, 6) is -0.598. The number of ether oxygens (including phenoxy) is 2. The second-order valence-corrected chi connectivity index (χ2v) is 7.64. The minimum atomic E-state index is -0.483. The molecule has 156 valence electrons. The minimum absolute atomic E-state index is 0.161. The standard InChI is InChI=1S/C24H26N2O4/c1-25-19-12-8-7-11-17(19)18-13-21(24(28)30-3)26(15-16-9-5-4-6-10-16)20(23(18)25)14-22(27)29-2/h4-12,20-21H,13-15H2,1-3H3. The zero-order valence-corrected chi connectivity index (χ0v) is 17.5. The Kier molecular flexibility index (Phi) is 5.59. The highest BCUT2D eigenvalue weighted by Crippen LogP contribution is 2.41. The smallest absolute Gasteiger partial charge is 0.323 e. The molecule has 0 spiro atoms. The van der Waals surface area contributed by atoms with Gasteiger partial charge in [0.15, 0.2) is 0 Å². The first-order chi connectivity index (χ1) is 14.5. The third-order valence-corrected chi connectivity index (χ3v) is 6.04. The molecule has 0 bridgehead atoms. The average molecular weight is 406 g/mol. The van der Waals surface area contributed by atoms with Gasteiger partial charge in [0.05, 0.1) is 26.7 Å². The number of fused-ring (bicyclic) bond motifs is 3. The summed E-state index contributed by atoms with van der Waals surface area (Å²) < 4.78 is 12.3. The normalized spacial score (nSPS) is 18.8. The maximum atomic E-state index is 12.8. The van der Waals surface area contributed by atoms with Gasteiger partial charge in [0, 0.05) is 36.6 Å². The second-order valence-electron chi connectivity index (χ2n) is 7.64. The lowest BCUT2D eigenvalue weighted by molar-refractivity contribution is -0.152. The predicted octanol–water partition coefficient (Wildman–Crippen LogP) is 3.38. The van der Waals surface area contributed by atoms with Crippen LogP contribution in [0.3, 0.4) is 0 Å². The predicted molar refractivity (Wildman–Crippen MR) is 114 cm³/mol. The Bertz CT molecular complexity index is 1070. The van der Waals surface area contributed by atoms with E-state index >= 15 is 0 Å². The highest BCUT2D eigenvalue weighted by atomic mass is 16.5. The first kappa shape index (κ1) is 20.2. The van der Waals surface area contributed by atoms with Crippen molar-refractivity contribution in [1.29, 1.82) is 0 Å². The van der Waals surface area contributed by atoms with E-state index in [2.05, 4.69) is 21.6 Å². The first-order valence-corrected chi connectivity index (χ1v) is 10.1. The molecule has 2 unspecified atom stereocenters. The van der Waals surface area contributed by atoms with Crippen LogP contribution in [0.25, 0.3) is 10.9 Å². The Balaban J connectivity index is 1.89. The zero-order chi connectivity index (χ0) is 21.3. The molecular weight excluding hydrogens is 380 g/mol. The van der Waals surface area contributed by atoms with Crippen molar-refractivity contribution in [3.8, 4) is 0 Å². The van der Waals surface area contributed by atoms with Crippen LogP contribution in [0.1, 0.15) is 29.3 Å². The van der Waals surface area contributed by atoms with Crippen molar-refractivity contribution in [2.75, 3.05) is 14.2 Å². The molecule has 1 aliphatic rings. The molecule has 1 aliphatic heterocycles. The Morgan fingerprint density at radius 3 is 2.40 bits per heavy atom. The lowest BCUT2D eigenvalue weighted by atomic mass is 9.89. The molecule has 1 aromatic heterocycles. The van der Waals surface area contributed by atoms with Crippen molar-refractivity contribution in [3.05, 3.63) is 71.4 Å². The summed E-state index contributed by atoms with van der Waals surface area (Å²) in [4.78, 5) is 27.3. The number of carbonyl (C=O) groups is 2. The number of aryl methyl sites for hydroxylation is 1. The van der Waals surface area contributed by atoms with E-state index in [0.29, 0.717) is 13.0 Å². The summed E-state index contributed by atoms with van der Waals surface area (Å²) in [6.45, 7) is 0.531. The molecule has 30 heavy (non-hydrogen) atoms. The summed E-state index contributed by atoms with van der Waals surface area (Å²) in [5, 5.41) is 1.11. The van der Waals surface area contributed by atoms with E-state index in [4.69, 9.17) is 9.47 Å². The van der Waals surface area contributed by atoms with Crippen LogP contribution >= 0.6 is 0 Å². The molecule has 0 saturated carbocycles. The van der Waals surface area contributed by atoms with E-state index < -0.39 is 6.04 Å². The lowest BCUT2D eigenvalue weighted by Gasteiger charge is -2.41. The van der Waals surface area contributed by atoms with E-state index in [-0.39, 0.29) is 24.4 Å². The topological polar surface area (TPSA) is 60.8 Å². The Labute approximate surface area is 176 Å². The van der Waals surface area contributed by atoms with E-state index in [1.54, 1.807) is 0 Å². The highest BCUT2D eigenvalue weighted by molar-refractivity contribution is 5.88. The number of para-hydroxylation sites is 1. The monoisotopic (exact) mass is 406 g/mol. The third kappa shape index (κ3) is 3.48. The SMILES string of the molecule is COC(=O)CC1c2c(c3ccccc3n2C)CC(C(=O)OC)N1Cc1ccccc1. The summed E-state index contributed by atoms with van der Waals surface area (Å²) in [5.41, 5.74) is 4.31. The molecule has 2 atom stereocenters. The molecule has 2 aromatic carbocycles. The van der Waals surface area contributed by atoms with Crippen LogP contribution in [0, 0.1) is 0 Å². The van der Waals surface area contributed by atoms with Crippen LogP contribution in [0.15, 0.2) is 54.6 Å². The van der Waals surface area contributed by atoms with E-state index in [0.717, 1.165) is 27.7 Å². The van der Waals surface area contributed by atoms with Crippen molar-refractivity contribution in [1.82, 2.24) is 9.47 Å². The number of benzene rings is 2. The van der Waals surface area contributed by atoms with Crippen LogP contribution in [-0.2, 0) is 39.1 Å². The number of aromatic nitrogens is 1. The number of hydrogen-bond donors (Lipinski definition) is 0. The fourth-order valence-corrected chi connectivity index (χ4v) is 4.64. The molecule has 0 aliphatic carbocycles. The van der Waals surface area contributed by atoms with Crippen molar-refractivity contribution < 1.29 is 19.1 Å². The maximum absolute atomic E-state index is 12.8. The van der Waals surface area contributed by atoms with Crippen molar-refractivity contribution in [2.45, 2.75) is 31.5 Å². The van der Waals surface area contributed by atoms with Gasteiger partial charge < -0.3 is 14.0 Å². The van der Waals surface area contributed by atoms with Gasteiger partial charge in [-0.2, -0.15) is 0 Å². The number of carbonyl (C=O) groups excluding carboxylic acids is 2. The first-order valence-electron chi connectivity index (χ1n) is 10.1. The average Bonchev–Trinajstić information content (AvgIpc) is 3.07. The van der Waals surface area contributed by atoms with Crippen LogP contribution < -0.4 is 0 Å². The van der Waals surface area contributed by atoms with Gasteiger partial charge in [0.25, 0.3) is 0 Å². The molecule has 6 heteroatoms. The van der Waals surface area contributed by atoms with Gasteiger partial charge in [0.2, 0.25) is 0 Å². The Hall–Kier alpha value is -3.12. The fourth-order valence-electron chi connectivity index (χ4n) is 4.64. The van der Waals surface area contributed by atoms with E-state index in [1.165, 1.54) is 14.2 Å². The maximum Gasteiger partial charge on any atom is 0.323 e. The largest absolute Gasteiger partial charge is 0.469 e. The number of hydrogen-bond acceptors (Lipinski definition) is 5. The van der Waals surface area contributed by atoms with Gasteiger partial charge in [-0.25, -0.2) is 0 Å². The van der Waals surface area contributed by atoms with Gasteiger partial charge in [0.1, 0.15) is 6.04 Å². The third-order valence-electron chi connectivity index (χ3n) is 6.04. The lowest BCUT2D eigenvalue weighted by Crippen LogP contribution is -2.49. The van der Waals surface area contributed by atoms with Crippen LogP contribution in [0.4, 0.5) is 0 Å². The van der Waals surface area contributed by atoms with Gasteiger partial charge in [-0.15, -0.1) is 0 Å². The summed E-state index contributed by atoms with van der Waals surface area (Å²) >= 11 is 0. The van der Waals surface area contributed by atoms with Gasteiger partial charge in [-0.05, 0) is 17.2 Å². The summed E-state index contributed by atoms with van der Waals surface area (Å²) in [6.07, 6.45) is 0.696. The second kappa shape index (κ2) is 8.32. The molecule has 6 nitrogen and oxygen atoms in total. The van der Waals surface area contributed by atoms with E-state index in [9.17, 15) is 9.59 Å². The molecule has 0 saturated heterocycles. The fraction of sp³-hybridized carbons (Fsp3) is 0.333. The quantitative estimate of drug-likeness (QED) is 0.608. The number of rotatable bonds is 5. The molecular formula is C24H26N2O4. The van der Waals surface area contributed by atoms with E-state index in [1.807, 2.05) is 49.5 Å². The van der Waals surface area contributed by atoms with Crippen LogP contribution in [-0.4, -0.2) is 41.7 Å². The molecule has 0 fully saturated rings. The highest BCUT2D eigenvalue weighted by Gasteiger charge is 2.42. The number of esters is 2. The van der Waals surface area contributed by atoms with Gasteiger partial charge in [-0.1, -0.05) is 48.5 Å². The Morgan fingerprint density at radius 1 is 1.00 bits per heavy atom. The number of methoxy groups -OCH3 is 2.